The van der Waals surface area contributed by atoms with E-state index in [0.29, 0.717) is 12.1 Å². The van der Waals surface area contributed by atoms with Crippen molar-refractivity contribution in [3.63, 3.8) is 0 Å². The molecule has 1 radical (unpaired) electrons. The van der Waals surface area contributed by atoms with Gasteiger partial charge >= 0.3 is 0 Å². The summed E-state index contributed by atoms with van der Waals surface area (Å²) < 4.78 is 0. The summed E-state index contributed by atoms with van der Waals surface area (Å²) in [5, 5.41) is 8.10. The maximum absolute atomic E-state index is 8.10. The van der Waals surface area contributed by atoms with E-state index in [4.69, 9.17) is 5.26 Å². The van der Waals surface area contributed by atoms with E-state index >= 15 is 0 Å². The molecule has 0 aliphatic carbocycles. The molecule has 0 aromatic heterocycles. The van der Waals surface area contributed by atoms with E-state index in [1.807, 2.05) is 6.07 Å². The van der Waals surface area contributed by atoms with Crippen LogP contribution in [0.15, 0.2) is 5.57 Å². The number of nitrogens with one attached hydrogen (secondary N) is 1. The van der Waals surface area contributed by atoms with E-state index in [9.17, 15) is 0 Å². The zero-order valence-corrected chi connectivity index (χ0v) is 3.56. The van der Waals surface area contributed by atoms with Crippen molar-refractivity contribution in [2.24, 2.45) is 0 Å². The lowest BCUT2D eigenvalue weighted by Gasteiger charge is -1.82. The lowest BCUT2D eigenvalue weighted by molar-refractivity contribution is 0.151. The van der Waals surface area contributed by atoms with E-state index in [0.717, 1.165) is 0 Å². The summed E-state index contributed by atoms with van der Waals surface area (Å²) in [4.78, 5) is 4.39. The van der Waals surface area contributed by atoms with Gasteiger partial charge in [-0.3, -0.25) is 0 Å². The van der Waals surface area contributed by atoms with Crippen LogP contribution in [0.4, 0.5) is 0 Å². The van der Waals surface area contributed by atoms with Gasteiger partial charge in [0.15, 0.2) is 0 Å². The molecule has 1 aliphatic heterocycles. The number of hydroxylamine groups is 1. The Labute approximate surface area is 41.1 Å². The minimum absolute atomic E-state index is 0.483. The second-order valence-electron chi connectivity index (χ2n) is 1.12. The van der Waals surface area contributed by atoms with Gasteiger partial charge in [0.05, 0.1) is 12.1 Å². The van der Waals surface area contributed by atoms with Gasteiger partial charge in [0, 0.05) is 0 Å². The Morgan fingerprint density at radius 2 is 2.86 bits per heavy atom. The summed E-state index contributed by atoms with van der Waals surface area (Å²) in [6, 6.07) is 1.88. The molecule has 7 heavy (non-hydrogen) atoms. The molecule has 0 amide bonds. The fourth-order valence-electron chi connectivity index (χ4n) is 0.304. The third-order valence-corrected chi connectivity index (χ3v) is 0.630. The molecule has 0 atom stereocenters. The Kier molecular flexibility index (Phi) is 0.966. The highest BCUT2D eigenvalue weighted by Gasteiger charge is 2.01. The summed E-state index contributed by atoms with van der Waals surface area (Å²) >= 11 is 0. The van der Waals surface area contributed by atoms with Gasteiger partial charge in [0.1, 0.15) is 6.07 Å². The monoisotopic (exact) mass is 95.0 g/mol. The molecule has 1 aliphatic rings. The topological polar surface area (TPSA) is 45.0 Å². The Hall–Kier alpha value is -1.01. The molecule has 1 heterocycles. The summed E-state index contributed by atoms with van der Waals surface area (Å²) in [6.07, 6.45) is 2.35. The Bertz CT molecular complexity index is 133. The van der Waals surface area contributed by atoms with Crippen molar-refractivity contribution in [3.05, 3.63) is 11.8 Å². The van der Waals surface area contributed by atoms with Crippen molar-refractivity contribution in [3.8, 4) is 6.07 Å². The first-order valence-corrected chi connectivity index (χ1v) is 1.84. The second-order valence-corrected chi connectivity index (χ2v) is 1.12. The van der Waals surface area contributed by atoms with Crippen molar-refractivity contribution in [1.82, 2.24) is 5.48 Å². The highest BCUT2D eigenvalue weighted by molar-refractivity contribution is 5.18. The fraction of sp³-hybridized carbons (Fsp3) is 0.250. The SMILES string of the molecule is N#CC1=[C]ONC1. The smallest absolute Gasteiger partial charge is 0.207 e. The first kappa shape index (κ1) is 4.16. The lowest BCUT2D eigenvalue weighted by Crippen LogP contribution is -2.04. The van der Waals surface area contributed by atoms with E-state index in [1.54, 1.807) is 0 Å². The molecule has 1 N–H and O–H groups in total. The second kappa shape index (κ2) is 1.63. The summed E-state index contributed by atoms with van der Waals surface area (Å²) in [5.74, 6) is 0. The van der Waals surface area contributed by atoms with Crippen LogP contribution in [0, 0.1) is 17.6 Å². The quantitative estimate of drug-likeness (QED) is 0.450. The molecule has 35 valence electrons. The van der Waals surface area contributed by atoms with Crippen molar-refractivity contribution in [2.45, 2.75) is 0 Å². The molecule has 0 saturated heterocycles. The van der Waals surface area contributed by atoms with Crippen LogP contribution < -0.4 is 5.48 Å². The molecule has 1 rings (SSSR count). The number of nitrogens with zero attached hydrogens (tertiary/aromatic N) is 1. The normalized spacial score (nSPS) is 17.3. The van der Waals surface area contributed by atoms with Crippen LogP contribution in [-0.4, -0.2) is 6.54 Å². The van der Waals surface area contributed by atoms with Gasteiger partial charge in [-0.2, -0.15) is 10.7 Å². The molecule has 0 aromatic carbocycles. The fourth-order valence-corrected chi connectivity index (χ4v) is 0.304. The zero-order valence-electron chi connectivity index (χ0n) is 3.56. The molecule has 0 bridgehead atoms. The molecule has 0 fully saturated rings. The molecule has 0 unspecified atom stereocenters. The molecule has 0 spiro atoms. The predicted octanol–water partition coefficient (Wildman–Crippen LogP) is -0.268. The van der Waals surface area contributed by atoms with Crippen LogP contribution >= 0.6 is 0 Å². The van der Waals surface area contributed by atoms with Crippen LogP contribution in [0.5, 0.6) is 0 Å². The Morgan fingerprint density at radius 1 is 2.00 bits per heavy atom. The summed E-state index contributed by atoms with van der Waals surface area (Å²) in [7, 11) is 0. The van der Waals surface area contributed by atoms with Gasteiger partial charge in [-0.25, -0.2) is 0 Å². The maximum atomic E-state index is 8.10. The molecular weight excluding hydrogens is 92.1 g/mol. The van der Waals surface area contributed by atoms with Gasteiger partial charge in [-0.05, 0) is 0 Å². The van der Waals surface area contributed by atoms with Gasteiger partial charge in [0.2, 0.25) is 6.26 Å². The number of rotatable bonds is 0. The van der Waals surface area contributed by atoms with Gasteiger partial charge in [0.25, 0.3) is 0 Å². The average molecular weight is 95.1 g/mol. The van der Waals surface area contributed by atoms with Crippen LogP contribution in [0.3, 0.4) is 0 Å². The van der Waals surface area contributed by atoms with Crippen molar-refractivity contribution in [1.29, 1.82) is 5.26 Å². The molecular formula is C4H3N2O. The third-order valence-electron chi connectivity index (χ3n) is 0.630. The summed E-state index contributed by atoms with van der Waals surface area (Å²) in [6.45, 7) is 0.483. The van der Waals surface area contributed by atoms with Crippen molar-refractivity contribution in [2.75, 3.05) is 6.54 Å². The van der Waals surface area contributed by atoms with E-state index in [-0.39, 0.29) is 0 Å². The minimum atomic E-state index is 0.483. The summed E-state index contributed by atoms with van der Waals surface area (Å²) in [5.41, 5.74) is 2.97. The average Bonchev–Trinajstić information content (AvgIpc) is 2.14. The molecule has 0 aromatic rings. The van der Waals surface area contributed by atoms with E-state index in [1.165, 1.54) is 0 Å². The van der Waals surface area contributed by atoms with Gasteiger partial charge in [-0.15, -0.1) is 0 Å². The maximum Gasteiger partial charge on any atom is 0.207 e. The lowest BCUT2D eigenvalue weighted by atomic mass is 10.3. The van der Waals surface area contributed by atoms with E-state index < -0.39 is 0 Å². The van der Waals surface area contributed by atoms with Crippen LogP contribution in [0.25, 0.3) is 0 Å². The Balaban J connectivity index is 2.57. The minimum Gasteiger partial charge on any atom is -0.403 e. The largest absolute Gasteiger partial charge is 0.403 e. The highest BCUT2D eigenvalue weighted by atomic mass is 16.6. The van der Waals surface area contributed by atoms with Gasteiger partial charge in [-0.1, -0.05) is 0 Å². The van der Waals surface area contributed by atoms with Crippen molar-refractivity contribution >= 4 is 0 Å². The number of nitriles is 1. The first-order valence-electron chi connectivity index (χ1n) is 1.84. The Morgan fingerprint density at radius 3 is 3.14 bits per heavy atom. The van der Waals surface area contributed by atoms with Crippen LogP contribution in [-0.2, 0) is 4.84 Å². The zero-order chi connectivity index (χ0) is 5.11. The van der Waals surface area contributed by atoms with Gasteiger partial charge < -0.3 is 4.84 Å². The third kappa shape index (κ3) is 0.699. The molecule has 0 saturated carbocycles. The first-order chi connectivity index (χ1) is 3.43. The highest BCUT2D eigenvalue weighted by Crippen LogP contribution is 1.93. The predicted molar refractivity (Wildman–Crippen MR) is 21.5 cm³/mol. The van der Waals surface area contributed by atoms with E-state index in [2.05, 4.69) is 16.6 Å². The van der Waals surface area contributed by atoms with Crippen LogP contribution in [0.1, 0.15) is 0 Å². The number of hydrogen-bond donors (Lipinski definition) is 1. The number of hydrogen-bond acceptors (Lipinski definition) is 3. The van der Waals surface area contributed by atoms with Crippen LogP contribution in [0.2, 0.25) is 0 Å². The van der Waals surface area contributed by atoms with Crippen molar-refractivity contribution < 1.29 is 4.84 Å². The molecule has 3 nitrogen and oxygen atoms in total. The molecule has 3 heteroatoms. The standard InChI is InChI=1S/C4H3N2O/c5-1-4-2-6-7-3-4/h6H,2H2.